The zero-order chi connectivity index (χ0) is 21.3. The molecule has 7 nitrogen and oxygen atoms in total. The fourth-order valence-electron chi connectivity index (χ4n) is 5.14. The Morgan fingerprint density at radius 1 is 1.40 bits per heavy atom. The zero-order valence-corrected chi connectivity index (χ0v) is 18.0. The minimum absolute atomic E-state index is 0.133. The first-order valence-electron chi connectivity index (χ1n) is 10.8. The molecule has 2 fully saturated rings. The maximum atomic E-state index is 10.0. The first kappa shape index (κ1) is 20.8. The third-order valence-electron chi connectivity index (χ3n) is 6.97. The normalized spacial score (nSPS) is 21.4. The molecule has 1 atom stereocenters. The third kappa shape index (κ3) is 3.68. The van der Waals surface area contributed by atoms with E-state index in [0.29, 0.717) is 17.2 Å². The van der Waals surface area contributed by atoms with Crippen molar-refractivity contribution < 1.29 is 5.11 Å². The number of hydrogen-bond donors (Lipinski definition) is 3. The lowest BCUT2D eigenvalue weighted by molar-refractivity contribution is 0.196. The van der Waals surface area contributed by atoms with Crippen molar-refractivity contribution in [3.8, 4) is 0 Å². The lowest BCUT2D eigenvalue weighted by Crippen LogP contribution is -2.47. The number of rotatable bonds is 5. The minimum atomic E-state index is -0.133. The number of H-pyrrole nitrogens is 1. The van der Waals surface area contributed by atoms with E-state index in [0.717, 1.165) is 66.5 Å². The number of nitrogens with one attached hydrogen (secondary N) is 1. The Balaban J connectivity index is 1.59. The van der Waals surface area contributed by atoms with E-state index < -0.39 is 0 Å². The first-order valence-corrected chi connectivity index (χ1v) is 10.8. The van der Waals surface area contributed by atoms with Gasteiger partial charge in [-0.25, -0.2) is 9.97 Å². The monoisotopic (exact) mass is 408 g/mol. The van der Waals surface area contributed by atoms with Crippen LogP contribution in [0.2, 0.25) is 0 Å². The lowest BCUT2D eigenvalue weighted by Gasteiger charge is -2.42. The van der Waals surface area contributed by atoms with Crippen molar-refractivity contribution in [1.29, 1.82) is 0 Å². The Labute approximate surface area is 178 Å². The average Bonchev–Trinajstić information content (AvgIpc) is 3.34. The number of aliphatic hydroxyl groups is 1. The van der Waals surface area contributed by atoms with E-state index in [-0.39, 0.29) is 6.61 Å². The molecule has 2 aromatic heterocycles. The number of allylic oxidation sites excluding steroid dienone is 1. The van der Waals surface area contributed by atoms with Gasteiger partial charge in [-0.1, -0.05) is 6.42 Å². The van der Waals surface area contributed by atoms with Crippen molar-refractivity contribution in [2.24, 2.45) is 16.1 Å². The number of aliphatic imine (C=N–C) groups is 1. The second-order valence-electron chi connectivity index (χ2n) is 8.70. The molecule has 1 aliphatic carbocycles. The van der Waals surface area contributed by atoms with Crippen LogP contribution in [0.25, 0.3) is 11.6 Å². The maximum absolute atomic E-state index is 10.0. The van der Waals surface area contributed by atoms with Gasteiger partial charge in [0.15, 0.2) is 5.82 Å². The van der Waals surface area contributed by atoms with Crippen LogP contribution in [0.15, 0.2) is 17.3 Å². The molecular weight excluding hydrogens is 376 g/mol. The number of aryl methyl sites for hydroxylation is 1. The van der Waals surface area contributed by atoms with E-state index >= 15 is 0 Å². The molecule has 1 saturated heterocycles. The molecule has 0 aromatic carbocycles. The van der Waals surface area contributed by atoms with Crippen LogP contribution in [0.4, 0.5) is 11.5 Å². The maximum Gasteiger partial charge on any atom is 0.153 e. The summed E-state index contributed by atoms with van der Waals surface area (Å²) in [5.41, 5.74) is 11.6. The second-order valence-corrected chi connectivity index (χ2v) is 8.70. The second kappa shape index (κ2) is 8.32. The Bertz CT molecular complexity index is 955. The molecule has 7 heteroatoms. The fourth-order valence-corrected chi connectivity index (χ4v) is 5.14. The molecule has 3 heterocycles. The van der Waals surface area contributed by atoms with E-state index in [1.54, 1.807) is 0 Å². The lowest BCUT2D eigenvalue weighted by atomic mass is 9.74. The van der Waals surface area contributed by atoms with Crippen LogP contribution in [-0.2, 0) is 6.61 Å². The van der Waals surface area contributed by atoms with Crippen molar-refractivity contribution >= 4 is 29.9 Å². The topological polar surface area (TPSA) is 103 Å². The number of aliphatic hydroxyl groups excluding tert-OH is 1. The Morgan fingerprint density at radius 3 is 2.80 bits per heavy atom. The van der Waals surface area contributed by atoms with Gasteiger partial charge in [-0.2, -0.15) is 0 Å². The minimum Gasteiger partial charge on any atom is -0.390 e. The molecule has 4 rings (SSSR count). The van der Waals surface area contributed by atoms with Crippen molar-refractivity contribution in [1.82, 2.24) is 15.0 Å². The summed E-state index contributed by atoms with van der Waals surface area (Å²) in [7, 11) is 0. The molecule has 2 aliphatic rings. The Morgan fingerprint density at radius 2 is 2.17 bits per heavy atom. The van der Waals surface area contributed by atoms with Crippen molar-refractivity contribution in [3.63, 3.8) is 0 Å². The molecule has 0 bridgehead atoms. The van der Waals surface area contributed by atoms with E-state index in [2.05, 4.69) is 21.6 Å². The standard InChI is InChI=1S/C23H32N6O/c1-15(13-18-17(25-3)6-10-26-18)21-16(2)27-22(19(14-30)28-21)29-11-8-23(9-12-29)7-4-5-20(23)24/h6,10,13,20,26,30H,3-5,7-9,11-12,14,24H2,1-2H3/b15-13+/t20-/m1/s1. The molecule has 0 radical (unpaired) electrons. The Hall–Kier alpha value is -2.51. The molecule has 4 N–H and O–H groups in total. The summed E-state index contributed by atoms with van der Waals surface area (Å²) in [6, 6.07) is 2.20. The summed E-state index contributed by atoms with van der Waals surface area (Å²) in [5, 5.41) is 10.0. The molecule has 2 aromatic rings. The first-order chi connectivity index (χ1) is 14.5. The van der Waals surface area contributed by atoms with Gasteiger partial charge in [0, 0.05) is 25.3 Å². The van der Waals surface area contributed by atoms with E-state index in [4.69, 9.17) is 15.7 Å². The third-order valence-corrected chi connectivity index (χ3v) is 6.97. The predicted molar refractivity (Wildman–Crippen MR) is 122 cm³/mol. The Kier molecular flexibility index (Phi) is 5.75. The number of hydrogen-bond acceptors (Lipinski definition) is 6. The summed E-state index contributed by atoms with van der Waals surface area (Å²) in [6.45, 7) is 9.28. The van der Waals surface area contributed by atoms with Gasteiger partial charge in [0.1, 0.15) is 5.69 Å². The van der Waals surface area contributed by atoms with Crippen LogP contribution in [0.5, 0.6) is 0 Å². The molecule has 1 spiro atoms. The van der Waals surface area contributed by atoms with Gasteiger partial charge >= 0.3 is 0 Å². The molecule has 160 valence electrons. The molecule has 30 heavy (non-hydrogen) atoms. The van der Waals surface area contributed by atoms with Crippen LogP contribution in [0.1, 0.15) is 61.8 Å². The largest absolute Gasteiger partial charge is 0.390 e. The van der Waals surface area contributed by atoms with Gasteiger partial charge in [0.25, 0.3) is 0 Å². The molecule has 0 unspecified atom stereocenters. The fraction of sp³-hybridized carbons (Fsp3) is 0.522. The highest BCUT2D eigenvalue weighted by Crippen LogP contribution is 2.46. The van der Waals surface area contributed by atoms with Gasteiger partial charge in [-0.05, 0) is 69.4 Å². The van der Waals surface area contributed by atoms with E-state index in [1.807, 2.05) is 32.2 Å². The number of piperidine rings is 1. The summed E-state index contributed by atoms with van der Waals surface area (Å²) in [4.78, 5) is 19.1. The highest BCUT2D eigenvalue weighted by Gasteiger charge is 2.43. The van der Waals surface area contributed by atoms with E-state index in [9.17, 15) is 5.11 Å². The van der Waals surface area contributed by atoms with Crippen LogP contribution in [-0.4, -0.2) is 45.9 Å². The number of anilines is 1. The van der Waals surface area contributed by atoms with Gasteiger partial charge in [0.2, 0.25) is 0 Å². The molecule has 1 aliphatic heterocycles. The number of nitrogens with zero attached hydrogens (tertiary/aromatic N) is 4. The van der Waals surface area contributed by atoms with Crippen LogP contribution < -0.4 is 10.6 Å². The quantitative estimate of drug-likeness (QED) is 0.656. The van der Waals surface area contributed by atoms with Gasteiger partial charge in [-0.15, -0.1) is 0 Å². The summed E-state index contributed by atoms with van der Waals surface area (Å²) in [5.74, 6) is 0.807. The average molecular weight is 409 g/mol. The SMILES string of the molecule is C=Nc1cc[nH]c1/C=C(\C)c1nc(CO)c(N2CCC3(CCC[C@H]3N)CC2)nc1C. The number of aromatic nitrogens is 3. The smallest absolute Gasteiger partial charge is 0.153 e. The van der Waals surface area contributed by atoms with Crippen molar-refractivity contribution in [2.45, 2.75) is 58.6 Å². The predicted octanol–water partition coefficient (Wildman–Crippen LogP) is 3.60. The summed E-state index contributed by atoms with van der Waals surface area (Å²) >= 11 is 0. The zero-order valence-electron chi connectivity index (χ0n) is 18.0. The molecular formula is C23H32N6O. The molecule has 0 amide bonds. The highest BCUT2D eigenvalue weighted by atomic mass is 16.3. The van der Waals surface area contributed by atoms with Crippen molar-refractivity contribution in [2.75, 3.05) is 18.0 Å². The number of aromatic amines is 1. The molecule has 1 saturated carbocycles. The van der Waals surface area contributed by atoms with Gasteiger partial charge < -0.3 is 20.7 Å². The van der Waals surface area contributed by atoms with E-state index in [1.165, 1.54) is 12.8 Å². The summed E-state index contributed by atoms with van der Waals surface area (Å²) in [6.07, 6.45) is 9.63. The van der Waals surface area contributed by atoms with Gasteiger partial charge in [-0.3, -0.25) is 4.99 Å². The van der Waals surface area contributed by atoms with Crippen LogP contribution >= 0.6 is 0 Å². The highest BCUT2D eigenvalue weighted by molar-refractivity contribution is 5.82. The van der Waals surface area contributed by atoms with Crippen LogP contribution in [0, 0.1) is 12.3 Å². The van der Waals surface area contributed by atoms with Crippen molar-refractivity contribution in [3.05, 3.63) is 35.0 Å². The summed E-state index contributed by atoms with van der Waals surface area (Å²) < 4.78 is 0. The van der Waals surface area contributed by atoms with Gasteiger partial charge in [0.05, 0.1) is 29.4 Å². The van der Waals surface area contributed by atoms with Crippen LogP contribution in [0.3, 0.4) is 0 Å². The number of nitrogens with two attached hydrogens (primary N) is 1.